The minimum Gasteiger partial charge on any atom is -0.353 e. The van der Waals surface area contributed by atoms with E-state index < -0.39 is 11.7 Å². The topological polar surface area (TPSA) is 80.0 Å². The number of piperazine rings is 1. The van der Waals surface area contributed by atoms with Crippen LogP contribution in [-0.4, -0.2) is 62.2 Å². The molecule has 1 fully saturated rings. The summed E-state index contributed by atoms with van der Waals surface area (Å²) in [5.41, 5.74) is 1.39. The van der Waals surface area contributed by atoms with E-state index in [1.54, 1.807) is 17.0 Å². The Morgan fingerprint density at radius 2 is 1.83 bits per heavy atom. The number of alkyl halides is 3. The number of nitrogens with zero attached hydrogens (tertiary/aromatic N) is 7. The highest BCUT2D eigenvalue weighted by molar-refractivity contribution is 5.95. The number of halogens is 3. The highest BCUT2D eigenvalue weighted by atomic mass is 19.4. The molecule has 30 heavy (non-hydrogen) atoms. The van der Waals surface area contributed by atoms with Crippen LogP contribution in [0.25, 0.3) is 5.69 Å². The van der Waals surface area contributed by atoms with Gasteiger partial charge in [0.15, 0.2) is 0 Å². The van der Waals surface area contributed by atoms with Gasteiger partial charge < -0.3 is 9.80 Å². The van der Waals surface area contributed by atoms with Gasteiger partial charge in [-0.3, -0.25) is 4.79 Å². The van der Waals surface area contributed by atoms with Crippen LogP contribution in [0.15, 0.2) is 42.9 Å². The lowest BCUT2D eigenvalue weighted by atomic mass is 10.1. The minimum absolute atomic E-state index is 0.121. The normalized spacial score (nSPS) is 14.8. The van der Waals surface area contributed by atoms with Gasteiger partial charge in [-0.25, -0.2) is 9.67 Å². The molecule has 3 heterocycles. The van der Waals surface area contributed by atoms with Crippen molar-refractivity contribution < 1.29 is 18.0 Å². The fourth-order valence-electron chi connectivity index (χ4n) is 3.32. The van der Waals surface area contributed by atoms with Gasteiger partial charge in [-0.2, -0.15) is 13.2 Å². The molecule has 11 heteroatoms. The Morgan fingerprint density at radius 1 is 1.07 bits per heavy atom. The first-order valence-electron chi connectivity index (χ1n) is 9.24. The van der Waals surface area contributed by atoms with E-state index in [0.29, 0.717) is 37.6 Å². The van der Waals surface area contributed by atoms with Crippen LogP contribution in [0.2, 0.25) is 0 Å². The number of rotatable bonds is 3. The average Bonchev–Trinajstić information content (AvgIpc) is 3.28. The number of carbonyl (C=O) groups excluding carboxylic acids is 1. The Hall–Kier alpha value is -3.50. The third-order valence-corrected chi connectivity index (χ3v) is 5.02. The first-order valence-corrected chi connectivity index (χ1v) is 9.24. The van der Waals surface area contributed by atoms with Gasteiger partial charge in [-0.15, -0.1) is 5.10 Å². The zero-order chi connectivity index (χ0) is 21.3. The van der Waals surface area contributed by atoms with Crippen LogP contribution in [0.4, 0.5) is 19.0 Å². The predicted molar refractivity (Wildman–Crippen MR) is 101 cm³/mol. The van der Waals surface area contributed by atoms with E-state index in [1.807, 2.05) is 17.9 Å². The molecular formula is C19H18F3N7O. The Balaban J connectivity index is 1.43. The lowest BCUT2D eigenvalue weighted by Gasteiger charge is -2.35. The molecule has 4 rings (SSSR count). The van der Waals surface area contributed by atoms with Crippen molar-refractivity contribution in [1.82, 2.24) is 30.1 Å². The van der Waals surface area contributed by atoms with Crippen molar-refractivity contribution in [3.8, 4) is 5.69 Å². The lowest BCUT2D eigenvalue weighted by molar-refractivity contribution is -0.137. The Morgan fingerprint density at radius 3 is 2.43 bits per heavy atom. The van der Waals surface area contributed by atoms with Crippen LogP contribution in [0.1, 0.15) is 21.5 Å². The van der Waals surface area contributed by atoms with Gasteiger partial charge in [0.2, 0.25) is 0 Å². The highest BCUT2D eigenvalue weighted by Crippen LogP contribution is 2.29. The number of benzene rings is 1. The van der Waals surface area contributed by atoms with Gasteiger partial charge >= 0.3 is 6.18 Å². The Bertz CT molecular complexity index is 1030. The van der Waals surface area contributed by atoms with Crippen LogP contribution >= 0.6 is 0 Å². The van der Waals surface area contributed by atoms with Crippen molar-refractivity contribution >= 4 is 11.7 Å². The van der Waals surface area contributed by atoms with Crippen molar-refractivity contribution in [3.05, 3.63) is 59.5 Å². The van der Waals surface area contributed by atoms with E-state index in [9.17, 15) is 18.0 Å². The number of aryl methyl sites for hydroxylation is 1. The number of anilines is 1. The van der Waals surface area contributed by atoms with E-state index >= 15 is 0 Å². The van der Waals surface area contributed by atoms with E-state index in [1.165, 1.54) is 17.1 Å². The SMILES string of the molecule is Cc1ccc(C(=O)N2CCN(c3ccc(C(F)(F)F)cn3)CC2)cc1-n1cnnn1. The van der Waals surface area contributed by atoms with E-state index in [2.05, 4.69) is 20.5 Å². The fourth-order valence-corrected chi connectivity index (χ4v) is 3.32. The molecule has 0 radical (unpaired) electrons. The number of hydrogen-bond acceptors (Lipinski definition) is 6. The van der Waals surface area contributed by atoms with E-state index in [0.717, 1.165) is 23.5 Å². The zero-order valence-corrected chi connectivity index (χ0v) is 16.0. The Labute approximate surface area is 169 Å². The van der Waals surface area contributed by atoms with Crippen LogP contribution < -0.4 is 4.90 Å². The smallest absolute Gasteiger partial charge is 0.353 e. The van der Waals surface area contributed by atoms with Crippen LogP contribution in [0, 0.1) is 6.92 Å². The summed E-state index contributed by atoms with van der Waals surface area (Å²) in [4.78, 5) is 20.4. The molecule has 0 spiro atoms. The van der Waals surface area contributed by atoms with Gasteiger partial charge in [0.1, 0.15) is 12.1 Å². The quantitative estimate of drug-likeness (QED) is 0.651. The predicted octanol–water partition coefficient (Wildman–Crippen LogP) is 2.35. The van der Waals surface area contributed by atoms with Crippen LogP contribution in [0.5, 0.6) is 0 Å². The van der Waals surface area contributed by atoms with Crippen molar-refractivity contribution in [1.29, 1.82) is 0 Å². The summed E-state index contributed by atoms with van der Waals surface area (Å²) in [6.07, 6.45) is -2.11. The summed E-state index contributed by atoms with van der Waals surface area (Å²) in [5, 5.41) is 11.1. The second kappa shape index (κ2) is 7.73. The first kappa shape index (κ1) is 19.8. The third-order valence-electron chi connectivity index (χ3n) is 5.02. The third kappa shape index (κ3) is 3.95. The maximum absolute atomic E-state index is 12.9. The molecule has 1 aromatic carbocycles. The molecule has 0 unspecified atom stereocenters. The van der Waals surface area contributed by atoms with Gasteiger partial charge in [-0.1, -0.05) is 6.07 Å². The largest absolute Gasteiger partial charge is 0.417 e. The Kier molecular flexibility index (Phi) is 5.10. The molecular weight excluding hydrogens is 399 g/mol. The van der Waals surface area contributed by atoms with E-state index in [4.69, 9.17) is 0 Å². The van der Waals surface area contributed by atoms with Crippen molar-refractivity contribution in [3.63, 3.8) is 0 Å². The zero-order valence-electron chi connectivity index (χ0n) is 16.0. The second-order valence-corrected chi connectivity index (χ2v) is 6.94. The van der Waals surface area contributed by atoms with Crippen molar-refractivity contribution in [2.45, 2.75) is 13.1 Å². The molecule has 0 atom stereocenters. The summed E-state index contributed by atoms with van der Waals surface area (Å²) in [6, 6.07) is 7.73. The van der Waals surface area contributed by atoms with Gasteiger partial charge in [-0.05, 0) is 47.2 Å². The standard InChI is InChI=1S/C19H18F3N7O/c1-13-2-3-14(10-16(13)29-12-24-25-26-29)18(30)28-8-6-27(7-9-28)17-5-4-15(11-23-17)19(20,21)22/h2-5,10-12H,6-9H2,1H3. The summed E-state index contributed by atoms with van der Waals surface area (Å²) in [5.74, 6) is 0.343. The van der Waals surface area contributed by atoms with Gasteiger partial charge in [0.05, 0.1) is 11.3 Å². The fraction of sp³-hybridized carbons (Fsp3) is 0.316. The number of amides is 1. The molecule has 1 amide bonds. The molecule has 156 valence electrons. The minimum atomic E-state index is -4.41. The van der Waals surface area contributed by atoms with Gasteiger partial charge in [0, 0.05) is 37.9 Å². The maximum atomic E-state index is 12.9. The van der Waals surface area contributed by atoms with Crippen molar-refractivity contribution in [2.75, 3.05) is 31.1 Å². The molecule has 0 aliphatic carbocycles. The average molecular weight is 417 g/mol. The van der Waals surface area contributed by atoms with Crippen LogP contribution in [-0.2, 0) is 6.18 Å². The lowest BCUT2D eigenvalue weighted by Crippen LogP contribution is -2.49. The highest BCUT2D eigenvalue weighted by Gasteiger charge is 2.31. The summed E-state index contributed by atoms with van der Waals surface area (Å²) in [7, 11) is 0. The van der Waals surface area contributed by atoms with E-state index in [-0.39, 0.29) is 5.91 Å². The number of tetrazole rings is 1. The number of pyridine rings is 1. The molecule has 1 aliphatic rings. The second-order valence-electron chi connectivity index (χ2n) is 6.94. The molecule has 1 saturated heterocycles. The van der Waals surface area contributed by atoms with Crippen LogP contribution in [0.3, 0.4) is 0 Å². The molecule has 0 saturated carbocycles. The summed E-state index contributed by atoms with van der Waals surface area (Å²) < 4.78 is 39.6. The monoisotopic (exact) mass is 417 g/mol. The number of hydrogen-bond donors (Lipinski definition) is 0. The maximum Gasteiger partial charge on any atom is 0.417 e. The molecule has 3 aromatic rings. The molecule has 0 bridgehead atoms. The summed E-state index contributed by atoms with van der Waals surface area (Å²) in [6.45, 7) is 3.75. The number of aromatic nitrogens is 5. The molecule has 1 aliphatic heterocycles. The first-order chi connectivity index (χ1) is 14.3. The molecule has 8 nitrogen and oxygen atoms in total. The molecule has 2 aromatic heterocycles. The number of carbonyl (C=O) groups is 1. The van der Waals surface area contributed by atoms with Crippen molar-refractivity contribution in [2.24, 2.45) is 0 Å². The summed E-state index contributed by atoms with van der Waals surface area (Å²) >= 11 is 0. The molecule has 0 N–H and O–H groups in total. The van der Waals surface area contributed by atoms with Gasteiger partial charge in [0.25, 0.3) is 5.91 Å².